The van der Waals surface area contributed by atoms with E-state index in [1.54, 1.807) is 14.0 Å². The summed E-state index contributed by atoms with van der Waals surface area (Å²) >= 11 is 0. The van der Waals surface area contributed by atoms with Crippen molar-refractivity contribution >= 4 is 5.91 Å². The fourth-order valence-electron chi connectivity index (χ4n) is 1.36. The fourth-order valence-corrected chi connectivity index (χ4v) is 1.36. The molecular weight excluding hydrogens is 194 g/mol. The molecule has 4 heteroatoms. The Morgan fingerprint density at radius 1 is 1.47 bits per heavy atom. The average molecular weight is 217 g/mol. The molecule has 0 heterocycles. The summed E-state index contributed by atoms with van der Waals surface area (Å²) in [5, 5.41) is 11.8. The van der Waals surface area contributed by atoms with Crippen LogP contribution in [0.5, 0.6) is 0 Å². The quantitative estimate of drug-likeness (QED) is 0.595. The van der Waals surface area contributed by atoms with Gasteiger partial charge in [0.05, 0.1) is 6.10 Å². The minimum absolute atomic E-state index is 0.0603. The van der Waals surface area contributed by atoms with E-state index in [2.05, 4.69) is 5.32 Å². The van der Waals surface area contributed by atoms with Gasteiger partial charge in [-0.3, -0.25) is 4.79 Å². The molecule has 0 aliphatic carbocycles. The lowest BCUT2D eigenvalue weighted by atomic mass is 10.1. The number of aliphatic hydroxyl groups excluding tert-OH is 1. The van der Waals surface area contributed by atoms with Gasteiger partial charge >= 0.3 is 0 Å². The second-order valence-corrected chi connectivity index (χ2v) is 4.11. The van der Waals surface area contributed by atoms with E-state index in [-0.39, 0.29) is 17.9 Å². The van der Waals surface area contributed by atoms with Crippen LogP contribution < -0.4 is 5.32 Å². The number of hydrogen-bond donors (Lipinski definition) is 2. The average Bonchev–Trinajstić information content (AvgIpc) is 2.12. The second-order valence-electron chi connectivity index (χ2n) is 4.11. The number of aliphatic hydroxyl groups is 1. The Kier molecular flexibility index (Phi) is 8.33. The highest BCUT2D eigenvalue weighted by molar-refractivity contribution is 5.76. The van der Waals surface area contributed by atoms with Crippen molar-refractivity contribution in [3.8, 4) is 0 Å². The van der Waals surface area contributed by atoms with Crippen molar-refractivity contribution in [2.24, 2.45) is 5.92 Å². The molecule has 2 unspecified atom stereocenters. The summed E-state index contributed by atoms with van der Waals surface area (Å²) in [5.41, 5.74) is 0. The van der Waals surface area contributed by atoms with E-state index in [4.69, 9.17) is 9.84 Å². The number of amides is 1. The third-order valence-electron chi connectivity index (χ3n) is 2.11. The maximum atomic E-state index is 11.3. The highest BCUT2D eigenvalue weighted by Crippen LogP contribution is 2.01. The molecule has 0 spiro atoms. The molecular formula is C11H23NO3. The summed E-state index contributed by atoms with van der Waals surface area (Å²) in [6.45, 7) is 4.99. The molecule has 0 aromatic carbocycles. The van der Waals surface area contributed by atoms with E-state index >= 15 is 0 Å². The number of carbonyl (C=O) groups is 1. The van der Waals surface area contributed by atoms with Crippen LogP contribution in [0.25, 0.3) is 0 Å². The summed E-state index contributed by atoms with van der Waals surface area (Å²) in [6, 6.07) is 0. The van der Waals surface area contributed by atoms with Crippen molar-refractivity contribution < 1.29 is 14.6 Å². The van der Waals surface area contributed by atoms with Gasteiger partial charge in [0, 0.05) is 26.7 Å². The lowest BCUT2D eigenvalue weighted by molar-refractivity contribution is -0.122. The Morgan fingerprint density at radius 3 is 2.67 bits per heavy atom. The minimum atomic E-state index is -0.283. The molecule has 0 rings (SSSR count). The normalized spacial score (nSPS) is 14.7. The molecule has 90 valence electrons. The van der Waals surface area contributed by atoms with Gasteiger partial charge in [-0.05, 0) is 25.7 Å². The molecule has 0 saturated carbocycles. The largest absolute Gasteiger partial charge is 0.393 e. The van der Waals surface area contributed by atoms with Gasteiger partial charge in [0.15, 0.2) is 0 Å². The first kappa shape index (κ1) is 14.4. The van der Waals surface area contributed by atoms with Crippen molar-refractivity contribution in [1.82, 2.24) is 5.32 Å². The molecule has 0 saturated heterocycles. The van der Waals surface area contributed by atoms with E-state index in [1.165, 1.54) is 0 Å². The fraction of sp³-hybridized carbons (Fsp3) is 0.909. The highest BCUT2D eigenvalue weighted by Gasteiger charge is 2.08. The predicted molar refractivity (Wildman–Crippen MR) is 59.6 cm³/mol. The lowest BCUT2D eigenvalue weighted by Gasteiger charge is -2.10. The Morgan fingerprint density at radius 2 is 2.13 bits per heavy atom. The van der Waals surface area contributed by atoms with Crippen LogP contribution in [0.2, 0.25) is 0 Å². The summed E-state index contributed by atoms with van der Waals surface area (Å²) in [5.74, 6) is 0.317. The molecule has 0 aromatic rings. The summed E-state index contributed by atoms with van der Waals surface area (Å²) in [7, 11) is 1.64. The summed E-state index contributed by atoms with van der Waals surface area (Å²) in [6.07, 6.45) is 1.77. The van der Waals surface area contributed by atoms with Gasteiger partial charge < -0.3 is 15.2 Å². The van der Waals surface area contributed by atoms with Crippen LogP contribution in [0, 0.1) is 5.92 Å². The third-order valence-corrected chi connectivity index (χ3v) is 2.11. The summed E-state index contributed by atoms with van der Waals surface area (Å²) < 4.78 is 4.95. The Labute approximate surface area is 92.0 Å². The van der Waals surface area contributed by atoms with Crippen LogP contribution >= 0.6 is 0 Å². The standard InChI is InChI=1S/C11H23NO3/c1-9(8-15-3)7-11(14)12-6-4-5-10(2)13/h9-10,13H,4-8H2,1-3H3,(H,12,14). The van der Waals surface area contributed by atoms with Gasteiger partial charge in [-0.2, -0.15) is 0 Å². The van der Waals surface area contributed by atoms with E-state index in [0.717, 1.165) is 12.8 Å². The van der Waals surface area contributed by atoms with Gasteiger partial charge in [0.25, 0.3) is 0 Å². The van der Waals surface area contributed by atoms with Crippen LogP contribution in [0.4, 0.5) is 0 Å². The molecule has 15 heavy (non-hydrogen) atoms. The first-order chi connectivity index (χ1) is 7.06. The van der Waals surface area contributed by atoms with Gasteiger partial charge in [-0.1, -0.05) is 6.92 Å². The maximum absolute atomic E-state index is 11.3. The van der Waals surface area contributed by atoms with Crippen molar-refractivity contribution in [3.63, 3.8) is 0 Å². The molecule has 0 fully saturated rings. The predicted octanol–water partition coefficient (Wildman–Crippen LogP) is 0.936. The molecule has 0 aliphatic heterocycles. The van der Waals surface area contributed by atoms with E-state index in [9.17, 15) is 4.79 Å². The van der Waals surface area contributed by atoms with Crippen molar-refractivity contribution in [2.45, 2.75) is 39.2 Å². The monoisotopic (exact) mass is 217 g/mol. The zero-order valence-electron chi connectivity index (χ0n) is 9.95. The lowest BCUT2D eigenvalue weighted by Crippen LogP contribution is -2.27. The zero-order valence-corrected chi connectivity index (χ0v) is 9.95. The minimum Gasteiger partial charge on any atom is -0.393 e. The molecule has 0 bridgehead atoms. The smallest absolute Gasteiger partial charge is 0.220 e. The van der Waals surface area contributed by atoms with Crippen LogP contribution in [0.1, 0.15) is 33.1 Å². The number of rotatable bonds is 8. The molecule has 0 aromatic heterocycles. The zero-order chi connectivity index (χ0) is 11.7. The van der Waals surface area contributed by atoms with Crippen molar-refractivity contribution in [1.29, 1.82) is 0 Å². The van der Waals surface area contributed by atoms with E-state index < -0.39 is 0 Å². The van der Waals surface area contributed by atoms with E-state index in [0.29, 0.717) is 19.6 Å². The Balaban J connectivity index is 3.40. The number of ether oxygens (including phenoxy) is 1. The SMILES string of the molecule is COCC(C)CC(=O)NCCCC(C)O. The second kappa shape index (κ2) is 8.68. The van der Waals surface area contributed by atoms with E-state index in [1.807, 2.05) is 6.92 Å². The number of nitrogens with one attached hydrogen (secondary N) is 1. The van der Waals surface area contributed by atoms with Crippen LogP contribution in [-0.2, 0) is 9.53 Å². The molecule has 2 atom stereocenters. The molecule has 1 amide bonds. The van der Waals surface area contributed by atoms with Crippen molar-refractivity contribution in [3.05, 3.63) is 0 Å². The number of methoxy groups -OCH3 is 1. The molecule has 4 nitrogen and oxygen atoms in total. The van der Waals surface area contributed by atoms with Gasteiger partial charge in [0.1, 0.15) is 0 Å². The Hall–Kier alpha value is -0.610. The number of carbonyl (C=O) groups excluding carboxylic acids is 1. The number of hydrogen-bond acceptors (Lipinski definition) is 3. The molecule has 0 radical (unpaired) electrons. The maximum Gasteiger partial charge on any atom is 0.220 e. The van der Waals surface area contributed by atoms with Crippen LogP contribution in [0.15, 0.2) is 0 Å². The first-order valence-electron chi connectivity index (χ1n) is 5.50. The van der Waals surface area contributed by atoms with Gasteiger partial charge in [-0.25, -0.2) is 0 Å². The topological polar surface area (TPSA) is 58.6 Å². The molecule has 0 aliphatic rings. The highest BCUT2D eigenvalue weighted by atomic mass is 16.5. The summed E-state index contributed by atoms with van der Waals surface area (Å²) in [4.78, 5) is 11.3. The van der Waals surface area contributed by atoms with Crippen LogP contribution in [-0.4, -0.2) is 37.4 Å². The van der Waals surface area contributed by atoms with Gasteiger partial charge in [0.2, 0.25) is 5.91 Å². The third kappa shape index (κ3) is 9.69. The van der Waals surface area contributed by atoms with Crippen molar-refractivity contribution in [2.75, 3.05) is 20.3 Å². The Bertz CT molecular complexity index is 171. The first-order valence-corrected chi connectivity index (χ1v) is 5.50. The molecule has 2 N–H and O–H groups in total. The van der Waals surface area contributed by atoms with Gasteiger partial charge in [-0.15, -0.1) is 0 Å². The van der Waals surface area contributed by atoms with Crippen LogP contribution in [0.3, 0.4) is 0 Å².